The van der Waals surface area contributed by atoms with Gasteiger partial charge >= 0.3 is 0 Å². The van der Waals surface area contributed by atoms with E-state index in [1.807, 2.05) is 0 Å². The molecule has 2 saturated heterocycles. The zero-order chi connectivity index (χ0) is 9.71. The number of hydrogen-bond donors (Lipinski definition) is 0. The number of rotatable bonds is 1. The summed E-state index contributed by atoms with van der Waals surface area (Å²) in [7, 11) is 2.17. The van der Waals surface area contributed by atoms with Crippen LogP contribution in [-0.2, 0) is 4.79 Å². The molecule has 3 heteroatoms. The topological polar surface area (TPSA) is 23.6 Å². The van der Waals surface area contributed by atoms with E-state index in [1.165, 1.54) is 12.8 Å². The number of amides is 1. The fraction of sp³-hybridized carbons (Fsp3) is 0.909. The number of nitrogens with zero attached hydrogens (tertiary/aromatic N) is 2. The van der Waals surface area contributed by atoms with Gasteiger partial charge in [-0.3, -0.25) is 4.79 Å². The molecule has 3 rings (SSSR count). The van der Waals surface area contributed by atoms with Crippen LogP contribution in [0.5, 0.6) is 0 Å². The highest BCUT2D eigenvalue weighted by Gasteiger charge is 2.45. The van der Waals surface area contributed by atoms with Crippen LogP contribution >= 0.6 is 0 Å². The Balaban J connectivity index is 1.77. The summed E-state index contributed by atoms with van der Waals surface area (Å²) in [5.74, 6) is 0.868. The second-order valence-electron chi connectivity index (χ2n) is 5.13. The maximum Gasteiger partial charge on any atom is 0.226 e. The number of likely N-dealkylation sites (N-methyl/N-ethyl adjacent to an activating group) is 1. The molecule has 1 aliphatic carbocycles. The second-order valence-corrected chi connectivity index (χ2v) is 5.13. The van der Waals surface area contributed by atoms with Gasteiger partial charge in [-0.05, 0) is 32.7 Å². The average molecular weight is 194 g/mol. The fourth-order valence-electron chi connectivity index (χ4n) is 3.01. The van der Waals surface area contributed by atoms with Crippen LogP contribution in [0.15, 0.2) is 0 Å². The minimum absolute atomic E-state index is 0.404. The van der Waals surface area contributed by atoms with Gasteiger partial charge < -0.3 is 9.80 Å². The molecule has 2 atom stereocenters. The predicted octanol–water partition coefficient (Wildman–Crippen LogP) is 0.701. The number of hydrogen-bond acceptors (Lipinski definition) is 2. The molecule has 2 bridgehead atoms. The SMILES string of the molecule is CN1CC2CCC(C1)N2C(=O)C1CC1. The molecule has 2 unspecified atom stereocenters. The number of likely N-dealkylation sites (tertiary alicyclic amines) is 1. The maximum absolute atomic E-state index is 12.0. The van der Waals surface area contributed by atoms with E-state index in [2.05, 4.69) is 16.8 Å². The summed E-state index contributed by atoms with van der Waals surface area (Å²) in [6, 6.07) is 1.07. The van der Waals surface area contributed by atoms with Crippen molar-refractivity contribution in [2.24, 2.45) is 5.92 Å². The highest BCUT2D eigenvalue weighted by molar-refractivity contribution is 5.82. The Morgan fingerprint density at radius 1 is 1.07 bits per heavy atom. The molecular formula is C11H18N2O. The first-order chi connectivity index (χ1) is 6.75. The molecule has 0 spiro atoms. The third-order valence-corrected chi connectivity index (χ3v) is 3.85. The summed E-state index contributed by atoms with van der Waals surface area (Å²) in [6.07, 6.45) is 4.75. The molecule has 0 aromatic rings. The molecular weight excluding hydrogens is 176 g/mol. The van der Waals surface area contributed by atoms with Gasteiger partial charge in [0.05, 0.1) is 0 Å². The largest absolute Gasteiger partial charge is 0.334 e. The number of piperazine rings is 1. The highest BCUT2D eigenvalue weighted by atomic mass is 16.2. The molecule has 0 N–H and O–H groups in total. The van der Waals surface area contributed by atoms with Gasteiger partial charge in [-0.25, -0.2) is 0 Å². The number of carbonyl (C=O) groups excluding carboxylic acids is 1. The lowest BCUT2D eigenvalue weighted by molar-refractivity contribution is -0.138. The first-order valence-electron chi connectivity index (χ1n) is 5.76. The Morgan fingerprint density at radius 3 is 2.14 bits per heavy atom. The lowest BCUT2D eigenvalue weighted by Gasteiger charge is -2.39. The lowest BCUT2D eigenvalue weighted by atomic mass is 10.1. The van der Waals surface area contributed by atoms with Crippen LogP contribution in [0.2, 0.25) is 0 Å². The van der Waals surface area contributed by atoms with Crippen LogP contribution in [0, 0.1) is 5.92 Å². The number of fused-ring (bicyclic) bond motifs is 2. The third-order valence-electron chi connectivity index (χ3n) is 3.85. The van der Waals surface area contributed by atoms with Crippen molar-refractivity contribution in [3.05, 3.63) is 0 Å². The summed E-state index contributed by atoms with van der Waals surface area (Å²) < 4.78 is 0. The third kappa shape index (κ3) is 1.26. The summed E-state index contributed by atoms with van der Waals surface area (Å²) in [5, 5.41) is 0. The van der Waals surface area contributed by atoms with Crippen LogP contribution in [0.4, 0.5) is 0 Å². The Kier molecular flexibility index (Phi) is 1.84. The average Bonchev–Trinajstić information content (AvgIpc) is 2.92. The van der Waals surface area contributed by atoms with E-state index in [1.54, 1.807) is 0 Å². The van der Waals surface area contributed by atoms with Crippen molar-refractivity contribution in [2.45, 2.75) is 37.8 Å². The summed E-state index contributed by atoms with van der Waals surface area (Å²) in [6.45, 7) is 2.18. The molecule has 1 amide bonds. The van der Waals surface area contributed by atoms with Crippen LogP contribution < -0.4 is 0 Å². The van der Waals surface area contributed by atoms with Crippen molar-refractivity contribution in [3.8, 4) is 0 Å². The van der Waals surface area contributed by atoms with Crippen molar-refractivity contribution < 1.29 is 4.79 Å². The van der Waals surface area contributed by atoms with Crippen molar-refractivity contribution in [1.82, 2.24) is 9.80 Å². The summed E-state index contributed by atoms with van der Waals surface area (Å²) >= 11 is 0. The zero-order valence-electron chi connectivity index (χ0n) is 8.78. The second kappa shape index (κ2) is 2.96. The van der Waals surface area contributed by atoms with Crippen LogP contribution in [0.25, 0.3) is 0 Å². The number of carbonyl (C=O) groups is 1. The van der Waals surface area contributed by atoms with Crippen molar-refractivity contribution in [1.29, 1.82) is 0 Å². The standard InChI is InChI=1S/C11H18N2O/c1-12-6-9-4-5-10(7-12)13(9)11(14)8-2-3-8/h8-10H,2-7H2,1H3. The molecule has 0 aromatic carbocycles. The van der Waals surface area contributed by atoms with Gasteiger partial charge in [-0.2, -0.15) is 0 Å². The summed E-state index contributed by atoms with van der Waals surface area (Å²) in [5.41, 5.74) is 0. The molecule has 78 valence electrons. The minimum atomic E-state index is 0.404. The van der Waals surface area contributed by atoms with Crippen LogP contribution in [-0.4, -0.2) is 47.9 Å². The maximum atomic E-state index is 12.0. The van der Waals surface area contributed by atoms with Crippen molar-refractivity contribution in [2.75, 3.05) is 20.1 Å². The molecule has 1 saturated carbocycles. The van der Waals surface area contributed by atoms with E-state index in [-0.39, 0.29) is 0 Å². The van der Waals surface area contributed by atoms with E-state index < -0.39 is 0 Å². The van der Waals surface area contributed by atoms with Gasteiger partial charge in [0.2, 0.25) is 5.91 Å². The molecule has 3 fully saturated rings. The van der Waals surface area contributed by atoms with Gasteiger partial charge in [0, 0.05) is 31.1 Å². The molecule has 14 heavy (non-hydrogen) atoms. The minimum Gasteiger partial charge on any atom is -0.334 e. The zero-order valence-corrected chi connectivity index (χ0v) is 8.78. The van der Waals surface area contributed by atoms with Gasteiger partial charge in [-0.1, -0.05) is 0 Å². The van der Waals surface area contributed by atoms with Gasteiger partial charge in [0.25, 0.3) is 0 Å². The first kappa shape index (κ1) is 8.72. The van der Waals surface area contributed by atoms with Gasteiger partial charge in [0.1, 0.15) is 0 Å². The smallest absolute Gasteiger partial charge is 0.226 e. The van der Waals surface area contributed by atoms with Crippen LogP contribution in [0.3, 0.4) is 0 Å². The normalized spacial score (nSPS) is 37.6. The molecule has 2 aliphatic heterocycles. The molecule has 0 aromatic heterocycles. The molecule has 0 radical (unpaired) electrons. The monoisotopic (exact) mass is 194 g/mol. The fourth-order valence-corrected chi connectivity index (χ4v) is 3.01. The Labute approximate surface area is 85.1 Å². The van der Waals surface area contributed by atoms with Gasteiger partial charge in [0.15, 0.2) is 0 Å². The van der Waals surface area contributed by atoms with Crippen molar-refractivity contribution in [3.63, 3.8) is 0 Å². The molecule has 3 aliphatic rings. The van der Waals surface area contributed by atoms with E-state index in [0.717, 1.165) is 25.9 Å². The van der Waals surface area contributed by atoms with Gasteiger partial charge in [-0.15, -0.1) is 0 Å². The Morgan fingerprint density at radius 2 is 1.64 bits per heavy atom. The Bertz CT molecular complexity index is 248. The quantitative estimate of drug-likeness (QED) is 0.613. The molecule has 2 heterocycles. The van der Waals surface area contributed by atoms with Crippen molar-refractivity contribution >= 4 is 5.91 Å². The van der Waals surface area contributed by atoms with E-state index in [0.29, 0.717) is 23.9 Å². The Hall–Kier alpha value is -0.570. The van der Waals surface area contributed by atoms with E-state index in [9.17, 15) is 4.79 Å². The molecule has 3 nitrogen and oxygen atoms in total. The lowest BCUT2D eigenvalue weighted by Crippen LogP contribution is -2.55. The van der Waals surface area contributed by atoms with Crippen LogP contribution in [0.1, 0.15) is 25.7 Å². The predicted molar refractivity (Wildman–Crippen MR) is 53.9 cm³/mol. The van der Waals surface area contributed by atoms with E-state index >= 15 is 0 Å². The first-order valence-corrected chi connectivity index (χ1v) is 5.76. The van der Waals surface area contributed by atoms with E-state index in [4.69, 9.17) is 0 Å². The highest BCUT2D eigenvalue weighted by Crippen LogP contribution is 2.37. The summed E-state index contributed by atoms with van der Waals surface area (Å²) in [4.78, 5) is 16.6.